The molecule has 4 nitrogen and oxygen atoms in total. The smallest absolute Gasteiger partial charge is 0.262 e. The Kier molecular flexibility index (Phi) is 3.93. The lowest BCUT2D eigenvalue weighted by atomic mass is 10.0. The number of nitrogens with zero attached hydrogens (tertiary/aromatic N) is 1. The standard InChI is InChI=1S/C22H17NO3/c1-26-18-12-6-15(7-13-18)21-14-23(16-8-10-17(24)11-9-16)22(25)20-5-3-2-4-19(20)21/h2-14,24H,1H3. The van der Waals surface area contributed by atoms with Gasteiger partial charge in [0.1, 0.15) is 11.5 Å². The summed E-state index contributed by atoms with van der Waals surface area (Å²) < 4.78 is 6.85. The van der Waals surface area contributed by atoms with Crippen molar-refractivity contribution in [2.24, 2.45) is 0 Å². The Hall–Kier alpha value is -3.53. The van der Waals surface area contributed by atoms with Crippen molar-refractivity contribution in [3.05, 3.63) is 89.3 Å². The zero-order chi connectivity index (χ0) is 18.1. The average Bonchev–Trinajstić information content (AvgIpc) is 2.69. The molecule has 0 aliphatic rings. The maximum atomic E-state index is 13.0. The molecule has 0 aliphatic heterocycles. The highest BCUT2D eigenvalue weighted by atomic mass is 16.5. The Bertz CT molecular complexity index is 1130. The number of benzene rings is 3. The third-order valence-corrected chi connectivity index (χ3v) is 4.45. The van der Waals surface area contributed by atoms with E-state index < -0.39 is 0 Å². The van der Waals surface area contributed by atoms with Gasteiger partial charge in [-0.1, -0.05) is 30.3 Å². The summed E-state index contributed by atoms with van der Waals surface area (Å²) in [5, 5.41) is 11.1. The number of phenols is 1. The molecule has 0 radical (unpaired) electrons. The first-order chi connectivity index (χ1) is 12.7. The first-order valence-corrected chi connectivity index (χ1v) is 8.25. The second kappa shape index (κ2) is 6.41. The molecule has 4 heteroatoms. The molecule has 4 aromatic rings. The molecule has 0 saturated heterocycles. The van der Waals surface area contributed by atoms with Gasteiger partial charge in [-0.2, -0.15) is 0 Å². The van der Waals surface area contributed by atoms with E-state index in [1.54, 1.807) is 35.9 Å². The van der Waals surface area contributed by atoms with Gasteiger partial charge in [0.25, 0.3) is 5.56 Å². The SMILES string of the molecule is COc1ccc(-c2cn(-c3ccc(O)cc3)c(=O)c3ccccc23)cc1. The minimum absolute atomic E-state index is 0.0939. The van der Waals surface area contributed by atoms with Crippen LogP contribution < -0.4 is 10.3 Å². The fourth-order valence-corrected chi connectivity index (χ4v) is 3.10. The molecule has 0 saturated carbocycles. The van der Waals surface area contributed by atoms with Crippen LogP contribution in [-0.2, 0) is 0 Å². The van der Waals surface area contributed by atoms with Gasteiger partial charge in [-0.3, -0.25) is 9.36 Å². The Labute approximate surface area is 150 Å². The van der Waals surface area contributed by atoms with Crippen LogP contribution in [0.1, 0.15) is 0 Å². The number of methoxy groups -OCH3 is 1. The minimum Gasteiger partial charge on any atom is -0.508 e. The third kappa shape index (κ3) is 2.71. The normalized spacial score (nSPS) is 10.8. The van der Waals surface area contributed by atoms with Crippen LogP contribution in [0.2, 0.25) is 0 Å². The maximum Gasteiger partial charge on any atom is 0.262 e. The van der Waals surface area contributed by atoms with Crippen LogP contribution in [0.25, 0.3) is 27.6 Å². The van der Waals surface area contributed by atoms with Crippen molar-refractivity contribution in [3.8, 4) is 28.3 Å². The van der Waals surface area contributed by atoms with E-state index in [0.717, 1.165) is 22.3 Å². The number of hydrogen-bond donors (Lipinski definition) is 1. The summed E-state index contributed by atoms with van der Waals surface area (Å²) in [5.74, 6) is 0.947. The Balaban J connectivity index is 2.01. The van der Waals surface area contributed by atoms with Crippen molar-refractivity contribution >= 4 is 10.8 Å². The molecule has 0 aliphatic carbocycles. The average molecular weight is 343 g/mol. The van der Waals surface area contributed by atoms with E-state index in [1.165, 1.54) is 0 Å². The Morgan fingerprint density at radius 2 is 1.50 bits per heavy atom. The molecule has 0 spiro atoms. The molecule has 3 aromatic carbocycles. The lowest BCUT2D eigenvalue weighted by molar-refractivity contribution is 0.415. The molecule has 0 amide bonds. The Morgan fingerprint density at radius 3 is 2.15 bits per heavy atom. The van der Waals surface area contributed by atoms with Gasteiger partial charge < -0.3 is 9.84 Å². The number of pyridine rings is 1. The highest BCUT2D eigenvalue weighted by Gasteiger charge is 2.11. The molecule has 1 N–H and O–H groups in total. The molecule has 26 heavy (non-hydrogen) atoms. The van der Waals surface area contributed by atoms with E-state index in [-0.39, 0.29) is 11.3 Å². The molecule has 0 unspecified atom stereocenters. The number of hydrogen-bond acceptors (Lipinski definition) is 3. The van der Waals surface area contributed by atoms with Crippen LogP contribution in [0, 0.1) is 0 Å². The van der Waals surface area contributed by atoms with Crippen LogP contribution in [0.5, 0.6) is 11.5 Å². The van der Waals surface area contributed by atoms with Crippen LogP contribution >= 0.6 is 0 Å². The summed E-state index contributed by atoms with van der Waals surface area (Å²) in [7, 11) is 1.63. The van der Waals surface area contributed by atoms with Crippen LogP contribution in [0.15, 0.2) is 83.8 Å². The Morgan fingerprint density at radius 1 is 0.846 bits per heavy atom. The topological polar surface area (TPSA) is 51.5 Å². The summed E-state index contributed by atoms with van der Waals surface area (Å²) in [4.78, 5) is 13.0. The first kappa shape index (κ1) is 16.0. The third-order valence-electron chi connectivity index (χ3n) is 4.45. The molecule has 128 valence electrons. The van der Waals surface area contributed by atoms with Crippen LogP contribution in [-0.4, -0.2) is 16.8 Å². The number of rotatable bonds is 3. The molecule has 0 fully saturated rings. The zero-order valence-electron chi connectivity index (χ0n) is 14.2. The molecular formula is C22H17NO3. The summed E-state index contributed by atoms with van der Waals surface area (Å²) in [5.41, 5.74) is 2.56. The van der Waals surface area contributed by atoms with Gasteiger partial charge in [0.15, 0.2) is 0 Å². The monoisotopic (exact) mass is 343 g/mol. The number of ether oxygens (including phenoxy) is 1. The molecular weight excluding hydrogens is 326 g/mol. The van der Waals surface area contributed by atoms with Gasteiger partial charge in [-0.05, 0) is 53.4 Å². The number of aromatic nitrogens is 1. The van der Waals surface area contributed by atoms with Crippen molar-refractivity contribution < 1.29 is 9.84 Å². The number of fused-ring (bicyclic) bond motifs is 1. The molecule has 1 aromatic heterocycles. The predicted molar refractivity (Wildman–Crippen MR) is 103 cm³/mol. The van der Waals surface area contributed by atoms with Gasteiger partial charge in [-0.15, -0.1) is 0 Å². The summed E-state index contributed by atoms with van der Waals surface area (Å²) in [6.07, 6.45) is 1.85. The fourth-order valence-electron chi connectivity index (χ4n) is 3.10. The van der Waals surface area contributed by atoms with Crippen molar-refractivity contribution in [2.45, 2.75) is 0 Å². The maximum absolute atomic E-state index is 13.0. The van der Waals surface area contributed by atoms with Crippen molar-refractivity contribution in [1.82, 2.24) is 4.57 Å². The second-order valence-electron chi connectivity index (χ2n) is 6.01. The predicted octanol–water partition coefficient (Wildman–Crippen LogP) is 4.37. The van der Waals surface area contributed by atoms with Gasteiger partial charge in [0.05, 0.1) is 7.11 Å². The first-order valence-electron chi connectivity index (χ1n) is 8.25. The summed E-state index contributed by atoms with van der Waals surface area (Å²) >= 11 is 0. The van der Waals surface area contributed by atoms with E-state index >= 15 is 0 Å². The fraction of sp³-hybridized carbons (Fsp3) is 0.0455. The summed E-state index contributed by atoms with van der Waals surface area (Å²) in [6, 6.07) is 21.9. The number of phenolic OH excluding ortho intramolecular Hbond substituents is 1. The second-order valence-corrected chi connectivity index (χ2v) is 6.01. The molecule has 0 atom stereocenters. The highest BCUT2D eigenvalue weighted by Crippen LogP contribution is 2.29. The van der Waals surface area contributed by atoms with E-state index in [4.69, 9.17) is 4.74 Å². The van der Waals surface area contributed by atoms with Crippen LogP contribution in [0.3, 0.4) is 0 Å². The summed E-state index contributed by atoms with van der Waals surface area (Å²) in [6.45, 7) is 0. The van der Waals surface area contributed by atoms with Crippen molar-refractivity contribution in [2.75, 3.05) is 7.11 Å². The quantitative estimate of drug-likeness (QED) is 0.601. The largest absolute Gasteiger partial charge is 0.508 e. The van der Waals surface area contributed by atoms with E-state index in [2.05, 4.69) is 0 Å². The molecule has 0 bridgehead atoms. The number of aromatic hydroxyl groups is 1. The van der Waals surface area contributed by atoms with Gasteiger partial charge in [-0.25, -0.2) is 0 Å². The highest BCUT2D eigenvalue weighted by molar-refractivity contribution is 5.96. The molecule has 4 rings (SSSR count). The molecule has 1 heterocycles. The van der Waals surface area contributed by atoms with E-state index in [1.807, 2.05) is 54.7 Å². The minimum atomic E-state index is -0.0939. The van der Waals surface area contributed by atoms with Crippen molar-refractivity contribution in [3.63, 3.8) is 0 Å². The van der Waals surface area contributed by atoms with Gasteiger partial charge >= 0.3 is 0 Å². The van der Waals surface area contributed by atoms with Gasteiger partial charge in [0, 0.05) is 22.8 Å². The zero-order valence-corrected chi connectivity index (χ0v) is 14.2. The van der Waals surface area contributed by atoms with E-state index in [0.29, 0.717) is 11.1 Å². The van der Waals surface area contributed by atoms with Crippen LogP contribution in [0.4, 0.5) is 0 Å². The lowest BCUT2D eigenvalue weighted by Crippen LogP contribution is -2.18. The van der Waals surface area contributed by atoms with Gasteiger partial charge in [0.2, 0.25) is 0 Å². The van der Waals surface area contributed by atoms with Crippen molar-refractivity contribution in [1.29, 1.82) is 0 Å². The van der Waals surface area contributed by atoms with E-state index in [9.17, 15) is 9.90 Å². The lowest BCUT2D eigenvalue weighted by Gasteiger charge is -2.13.